The maximum atomic E-state index is 14.6. The maximum Gasteiger partial charge on any atom is 0.250 e. The molecule has 0 radical (unpaired) electrons. The lowest BCUT2D eigenvalue weighted by Crippen LogP contribution is -2.62. The van der Waals surface area contributed by atoms with Crippen molar-refractivity contribution in [2.75, 3.05) is 0 Å². The van der Waals surface area contributed by atoms with E-state index in [0.717, 1.165) is 51.4 Å². The first-order valence-electron chi connectivity index (χ1n) is 13.9. The smallest absolute Gasteiger partial charge is 0.250 e. The van der Waals surface area contributed by atoms with E-state index in [1.165, 1.54) is 0 Å². The highest BCUT2D eigenvalue weighted by atomic mass is 19.3. The van der Waals surface area contributed by atoms with Gasteiger partial charge in [0.05, 0.1) is 11.7 Å². The van der Waals surface area contributed by atoms with Crippen LogP contribution in [-0.4, -0.2) is 39.5 Å². The van der Waals surface area contributed by atoms with Crippen LogP contribution in [-0.2, 0) is 4.84 Å². The molecular formula is C28H45F2NO3. The fourth-order valence-corrected chi connectivity index (χ4v) is 11.1. The Morgan fingerprint density at radius 1 is 0.912 bits per heavy atom. The third kappa shape index (κ3) is 2.89. The molecule has 0 aromatic carbocycles. The summed E-state index contributed by atoms with van der Waals surface area (Å²) in [5.41, 5.74) is 2.48. The molecule has 6 fully saturated rings. The summed E-state index contributed by atoms with van der Waals surface area (Å²) in [7, 11) is 0. The number of fused-ring (bicyclic) bond motifs is 2. The number of nitrogens with one attached hydrogen (secondary N) is 1. The normalized spacial score (nSPS) is 58.3. The predicted molar refractivity (Wildman–Crippen MR) is 126 cm³/mol. The lowest BCUT2D eigenvalue weighted by atomic mass is 9.47. The summed E-state index contributed by atoms with van der Waals surface area (Å²) in [4.78, 5) is 6.00. The van der Waals surface area contributed by atoms with Gasteiger partial charge in [0.2, 0.25) is 0 Å². The quantitative estimate of drug-likeness (QED) is 0.490. The highest BCUT2D eigenvalue weighted by Gasteiger charge is 2.81. The molecule has 5 aliphatic carbocycles. The summed E-state index contributed by atoms with van der Waals surface area (Å²) < 4.78 is 29.3. The molecule has 0 aromatic rings. The summed E-state index contributed by atoms with van der Waals surface area (Å²) in [5, 5.41) is 21.9. The zero-order valence-electron chi connectivity index (χ0n) is 21.7. The molecule has 4 nitrogen and oxygen atoms in total. The molecule has 6 rings (SSSR count). The van der Waals surface area contributed by atoms with Gasteiger partial charge in [-0.25, -0.2) is 8.78 Å². The van der Waals surface area contributed by atoms with Crippen LogP contribution in [0.4, 0.5) is 8.78 Å². The highest BCUT2D eigenvalue weighted by Crippen LogP contribution is 2.86. The first-order valence-corrected chi connectivity index (χ1v) is 13.9. The Balaban J connectivity index is 1.26. The molecule has 3 N–H and O–H groups in total. The monoisotopic (exact) mass is 481 g/mol. The lowest BCUT2D eigenvalue weighted by molar-refractivity contribution is -0.206. The van der Waals surface area contributed by atoms with Crippen LogP contribution in [0.15, 0.2) is 0 Å². The topological polar surface area (TPSA) is 61.7 Å². The van der Waals surface area contributed by atoms with Crippen molar-refractivity contribution in [1.29, 1.82) is 0 Å². The van der Waals surface area contributed by atoms with E-state index >= 15 is 0 Å². The van der Waals surface area contributed by atoms with Crippen molar-refractivity contribution in [3.63, 3.8) is 0 Å². The maximum absolute atomic E-state index is 14.6. The highest BCUT2D eigenvalue weighted by molar-refractivity contribution is 5.29. The van der Waals surface area contributed by atoms with Crippen LogP contribution in [0.5, 0.6) is 0 Å². The van der Waals surface area contributed by atoms with E-state index in [-0.39, 0.29) is 52.2 Å². The summed E-state index contributed by atoms with van der Waals surface area (Å²) in [5.74, 6) is -1.74. The predicted octanol–water partition coefficient (Wildman–Crippen LogP) is 5.46. The molecule has 1 heterocycles. The van der Waals surface area contributed by atoms with E-state index in [1.54, 1.807) is 13.8 Å². The summed E-state index contributed by atoms with van der Waals surface area (Å²) in [6.07, 6.45) is 7.91. The number of rotatable bonds is 2. The zero-order chi connectivity index (χ0) is 24.5. The number of hydroxylamine groups is 1. The summed E-state index contributed by atoms with van der Waals surface area (Å²) in [6, 6.07) is 0. The molecule has 5 saturated carbocycles. The van der Waals surface area contributed by atoms with Crippen LogP contribution in [0.1, 0.15) is 98.8 Å². The van der Waals surface area contributed by atoms with Gasteiger partial charge >= 0.3 is 0 Å². The largest absolute Gasteiger partial charge is 0.393 e. The Bertz CT molecular complexity index is 851. The molecule has 194 valence electrons. The Hall–Kier alpha value is -0.300. The number of aliphatic hydroxyl groups is 2. The standard InChI is InChI=1S/C28H45F2NO3/c1-16-17-6-7-18-19-14-20(32)22(25(5)9-8-21(34-31-25)23(2,3)33)24(19,4)10-11-27(18)15-26(17,27)12-13-28(16,29)30/h16-22,31-33H,6-15H2,1-5H3. The van der Waals surface area contributed by atoms with Crippen LogP contribution in [0, 0.1) is 45.8 Å². The van der Waals surface area contributed by atoms with E-state index in [0.29, 0.717) is 18.3 Å². The molecule has 2 spiro atoms. The summed E-state index contributed by atoms with van der Waals surface area (Å²) >= 11 is 0. The number of alkyl halides is 2. The Kier molecular flexibility index (Phi) is 4.93. The number of halogens is 2. The van der Waals surface area contributed by atoms with Crippen molar-refractivity contribution in [3.8, 4) is 0 Å². The number of hydrogen-bond acceptors (Lipinski definition) is 4. The SMILES string of the molecule is CC1C2CCC3C4CC(O)C(C5(C)CCC(C(C)(C)O)ON5)C4(C)CCC34CC24CCC1(F)F. The number of aliphatic hydroxyl groups excluding tert-OH is 1. The van der Waals surface area contributed by atoms with Crippen LogP contribution in [0.3, 0.4) is 0 Å². The zero-order valence-corrected chi connectivity index (χ0v) is 21.7. The molecule has 6 heteroatoms. The minimum absolute atomic E-state index is 0.0167. The van der Waals surface area contributed by atoms with Gasteiger partial charge < -0.3 is 10.2 Å². The number of hydrogen-bond donors (Lipinski definition) is 3. The Labute approximate surface area is 203 Å². The van der Waals surface area contributed by atoms with Gasteiger partial charge in [-0.05, 0) is 113 Å². The van der Waals surface area contributed by atoms with Crippen molar-refractivity contribution in [3.05, 3.63) is 0 Å². The second-order valence-electron chi connectivity index (χ2n) is 14.5. The third-order valence-electron chi connectivity index (χ3n) is 12.7. The molecule has 34 heavy (non-hydrogen) atoms. The summed E-state index contributed by atoms with van der Waals surface area (Å²) in [6.45, 7) is 9.98. The minimum atomic E-state index is -2.51. The Morgan fingerprint density at radius 2 is 1.56 bits per heavy atom. The van der Waals surface area contributed by atoms with E-state index in [9.17, 15) is 19.0 Å². The lowest BCUT2D eigenvalue weighted by Gasteiger charge is -2.59. The molecule has 6 aliphatic rings. The van der Waals surface area contributed by atoms with Gasteiger partial charge in [0.15, 0.2) is 0 Å². The van der Waals surface area contributed by atoms with E-state index in [2.05, 4.69) is 19.3 Å². The van der Waals surface area contributed by atoms with Crippen molar-refractivity contribution in [1.82, 2.24) is 5.48 Å². The average molecular weight is 482 g/mol. The molecular weight excluding hydrogens is 436 g/mol. The van der Waals surface area contributed by atoms with Crippen molar-refractivity contribution < 1.29 is 23.8 Å². The van der Waals surface area contributed by atoms with Crippen LogP contribution < -0.4 is 5.48 Å². The van der Waals surface area contributed by atoms with E-state index in [1.807, 2.05) is 6.92 Å². The molecule has 11 unspecified atom stereocenters. The van der Waals surface area contributed by atoms with Crippen molar-refractivity contribution in [2.24, 2.45) is 45.8 Å². The van der Waals surface area contributed by atoms with Crippen molar-refractivity contribution >= 4 is 0 Å². The average Bonchev–Trinajstić information content (AvgIpc) is 3.33. The van der Waals surface area contributed by atoms with E-state index < -0.39 is 17.4 Å². The van der Waals surface area contributed by atoms with Gasteiger partial charge in [0.1, 0.15) is 6.10 Å². The second-order valence-corrected chi connectivity index (χ2v) is 14.5. The molecule has 0 amide bonds. The third-order valence-corrected chi connectivity index (χ3v) is 12.7. The van der Waals surface area contributed by atoms with Gasteiger partial charge in [0.25, 0.3) is 5.92 Å². The molecule has 11 atom stereocenters. The van der Waals surface area contributed by atoms with Crippen LogP contribution >= 0.6 is 0 Å². The van der Waals surface area contributed by atoms with Crippen LogP contribution in [0.2, 0.25) is 0 Å². The molecule has 0 bridgehead atoms. The Morgan fingerprint density at radius 3 is 2.21 bits per heavy atom. The molecule has 1 aliphatic heterocycles. The molecule has 0 aromatic heterocycles. The fourth-order valence-electron chi connectivity index (χ4n) is 11.1. The van der Waals surface area contributed by atoms with Gasteiger partial charge in [-0.1, -0.05) is 13.8 Å². The van der Waals surface area contributed by atoms with Gasteiger partial charge in [-0.2, -0.15) is 5.48 Å². The van der Waals surface area contributed by atoms with Gasteiger partial charge in [-0.15, -0.1) is 0 Å². The second kappa shape index (κ2) is 6.96. The van der Waals surface area contributed by atoms with Gasteiger partial charge in [0, 0.05) is 23.8 Å². The van der Waals surface area contributed by atoms with Crippen LogP contribution in [0.25, 0.3) is 0 Å². The first kappa shape index (κ1) is 24.1. The minimum Gasteiger partial charge on any atom is -0.393 e. The van der Waals surface area contributed by atoms with Gasteiger partial charge in [-0.3, -0.25) is 4.84 Å². The van der Waals surface area contributed by atoms with Crippen molar-refractivity contribution in [2.45, 2.75) is 128 Å². The first-order chi connectivity index (χ1) is 15.7. The molecule has 1 saturated heterocycles. The van der Waals surface area contributed by atoms with E-state index in [4.69, 9.17) is 4.84 Å². The fraction of sp³-hybridized carbons (Fsp3) is 1.00.